The van der Waals surface area contributed by atoms with E-state index in [0.29, 0.717) is 30.1 Å². The van der Waals surface area contributed by atoms with E-state index in [2.05, 4.69) is 16.8 Å². The first kappa shape index (κ1) is 27.4. The molecule has 7 nitrogen and oxygen atoms in total. The first-order valence-electron chi connectivity index (χ1n) is 14.2. The minimum Gasteiger partial charge on any atom is -0.472 e. The Morgan fingerprint density at radius 1 is 1.19 bits per heavy atom. The fourth-order valence-electron chi connectivity index (χ4n) is 5.84. The van der Waals surface area contributed by atoms with Gasteiger partial charge in [-0.25, -0.2) is 4.98 Å². The van der Waals surface area contributed by atoms with E-state index in [-0.39, 0.29) is 48.3 Å². The predicted octanol–water partition coefficient (Wildman–Crippen LogP) is 4.27. The maximum absolute atomic E-state index is 13.6. The zero-order valence-corrected chi connectivity index (χ0v) is 22.7. The molecule has 2 heterocycles. The highest BCUT2D eigenvalue weighted by atomic mass is 16.5. The summed E-state index contributed by atoms with van der Waals surface area (Å²) >= 11 is 0. The lowest BCUT2D eigenvalue weighted by Gasteiger charge is -2.38. The lowest BCUT2D eigenvalue weighted by atomic mass is 9.88. The van der Waals surface area contributed by atoms with Gasteiger partial charge in [-0.05, 0) is 38.7 Å². The summed E-state index contributed by atoms with van der Waals surface area (Å²) in [5.74, 6) is 7.30. The Bertz CT molecular complexity index is 1000. The van der Waals surface area contributed by atoms with Gasteiger partial charge in [0, 0.05) is 43.1 Å². The van der Waals surface area contributed by atoms with Crippen molar-refractivity contribution in [2.24, 2.45) is 17.8 Å². The number of aromatic nitrogens is 1. The molecule has 2 aliphatic carbocycles. The number of aliphatic hydroxyl groups excluding tert-OH is 1. The molecule has 0 spiro atoms. The molecule has 0 bridgehead atoms. The Balaban J connectivity index is 1.58. The van der Waals surface area contributed by atoms with Gasteiger partial charge in [-0.2, -0.15) is 0 Å². The number of ether oxygens (including phenoxy) is 1. The molecule has 202 valence electrons. The molecule has 0 aromatic carbocycles. The average Bonchev–Trinajstić information content (AvgIpc) is 2.94. The molecule has 1 aromatic rings. The summed E-state index contributed by atoms with van der Waals surface area (Å²) in [4.78, 5) is 34.8. The van der Waals surface area contributed by atoms with Crippen molar-refractivity contribution in [1.29, 1.82) is 0 Å². The van der Waals surface area contributed by atoms with Gasteiger partial charge in [-0.15, -0.1) is 0 Å². The minimum atomic E-state index is -0.347. The molecule has 1 aromatic heterocycles. The van der Waals surface area contributed by atoms with Crippen molar-refractivity contribution >= 4 is 11.8 Å². The van der Waals surface area contributed by atoms with E-state index in [1.807, 2.05) is 20.9 Å². The molecular weight excluding hydrogens is 466 g/mol. The largest absolute Gasteiger partial charge is 0.472 e. The van der Waals surface area contributed by atoms with Crippen LogP contribution in [0.15, 0.2) is 12.3 Å². The SMILES string of the molecule is C[C@@H]1CN([C@H](C)CO)C(=O)c2cc(C#CC3CCCCC3)cnc2O[C@@H]1CN(C)C(=O)C1CCCCC1. The lowest BCUT2D eigenvalue weighted by molar-refractivity contribution is -0.136. The molecule has 3 atom stereocenters. The van der Waals surface area contributed by atoms with Gasteiger partial charge >= 0.3 is 0 Å². The Kier molecular flexibility index (Phi) is 9.48. The van der Waals surface area contributed by atoms with Crippen molar-refractivity contribution in [3.8, 4) is 17.7 Å². The maximum Gasteiger partial charge on any atom is 0.259 e. The number of rotatable bonds is 5. The van der Waals surface area contributed by atoms with Crippen molar-refractivity contribution < 1.29 is 19.4 Å². The van der Waals surface area contributed by atoms with E-state index in [0.717, 1.165) is 38.5 Å². The first-order valence-corrected chi connectivity index (χ1v) is 14.2. The number of likely N-dealkylation sites (N-methyl/N-ethyl adjacent to an activating group) is 1. The van der Waals surface area contributed by atoms with Gasteiger partial charge in [0.15, 0.2) is 0 Å². The van der Waals surface area contributed by atoms with E-state index in [4.69, 9.17) is 4.74 Å². The van der Waals surface area contributed by atoms with Crippen LogP contribution >= 0.6 is 0 Å². The van der Waals surface area contributed by atoms with Crippen LogP contribution in [0.1, 0.15) is 94.0 Å². The van der Waals surface area contributed by atoms with Gasteiger partial charge in [0.2, 0.25) is 11.8 Å². The van der Waals surface area contributed by atoms with Crippen LogP contribution in [0.2, 0.25) is 0 Å². The van der Waals surface area contributed by atoms with Gasteiger partial charge < -0.3 is 19.6 Å². The topological polar surface area (TPSA) is 83.0 Å². The van der Waals surface area contributed by atoms with Gasteiger partial charge in [0.25, 0.3) is 5.91 Å². The molecule has 0 radical (unpaired) electrons. The van der Waals surface area contributed by atoms with Gasteiger partial charge in [-0.1, -0.05) is 57.3 Å². The predicted molar refractivity (Wildman–Crippen MR) is 143 cm³/mol. The molecule has 2 fully saturated rings. The number of pyridine rings is 1. The quantitative estimate of drug-likeness (QED) is 0.600. The molecule has 1 N–H and O–H groups in total. The highest BCUT2D eigenvalue weighted by molar-refractivity contribution is 5.97. The number of amides is 2. The second kappa shape index (κ2) is 12.8. The van der Waals surface area contributed by atoms with Gasteiger partial charge in [-0.3, -0.25) is 9.59 Å². The summed E-state index contributed by atoms with van der Waals surface area (Å²) < 4.78 is 6.38. The molecule has 0 saturated heterocycles. The van der Waals surface area contributed by atoms with Crippen LogP contribution in [0.5, 0.6) is 5.88 Å². The molecule has 37 heavy (non-hydrogen) atoms. The summed E-state index contributed by atoms with van der Waals surface area (Å²) in [7, 11) is 1.85. The van der Waals surface area contributed by atoms with E-state index in [1.54, 1.807) is 22.1 Å². The molecule has 3 aliphatic rings. The number of aliphatic hydroxyl groups is 1. The summed E-state index contributed by atoms with van der Waals surface area (Å²) in [5.41, 5.74) is 1.07. The molecule has 2 saturated carbocycles. The van der Waals surface area contributed by atoms with E-state index < -0.39 is 0 Å². The molecule has 7 heteroatoms. The summed E-state index contributed by atoms with van der Waals surface area (Å²) in [6.07, 6.45) is 12.7. The zero-order chi connectivity index (χ0) is 26.4. The normalized spacial score (nSPS) is 24.1. The third-order valence-corrected chi connectivity index (χ3v) is 8.33. The molecule has 4 rings (SSSR count). The van der Waals surface area contributed by atoms with Gasteiger partial charge in [0.05, 0.1) is 19.2 Å². The highest BCUT2D eigenvalue weighted by Crippen LogP contribution is 2.29. The fraction of sp³-hybridized carbons (Fsp3) is 0.700. The number of hydrogen-bond donors (Lipinski definition) is 1. The van der Waals surface area contributed by atoms with E-state index in [1.165, 1.54) is 25.7 Å². The van der Waals surface area contributed by atoms with Crippen molar-refractivity contribution in [2.75, 3.05) is 26.7 Å². The first-order chi connectivity index (χ1) is 17.9. The second-order valence-electron chi connectivity index (χ2n) is 11.4. The van der Waals surface area contributed by atoms with Crippen LogP contribution in [0.4, 0.5) is 0 Å². The van der Waals surface area contributed by atoms with Crippen molar-refractivity contribution in [1.82, 2.24) is 14.8 Å². The number of hydrogen-bond acceptors (Lipinski definition) is 5. The van der Waals surface area contributed by atoms with Crippen LogP contribution in [0, 0.1) is 29.6 Å². The van der Waals surface area contributed by atoms with Crippen LogP contribution in [0.3, 0.4) is 0 Å². The minimum absolute atomic E-state index is 0.0553. The van der Waals surface area contributed by atoms with Crippen molar-refractivity contribution in [3.05, 3.63) is 23.4 Å². The number of carbonyl (C=O) groups is 2. The van der Waals surface area contributed by atoms with E-state index in [9.17, 15) is 14.7 Å². The molecule has 2 amide bonds. The Morgan fingerprint density at radius 2 is 1.86 bits per heavy atom. The molecule has 0 unspecified atom stereocenters. The molecule has 1 aliphatic heterocycles. The average molecular weight is 510 g/mol. The third-order valence-electron chi connectivity index (χ3n) is 8.33. The molecular formula is C30H43N3O4. The zero-order valence-electron chi connectivity index (χ0n) is 22.7. The smallest absolute Gasteiger partial charge is 0.259 e. The van der Waals surface area contributed by atoms with Crippen molar-refractivity contribution in [3.63, 3.8) is 0 Å². The van der Waals surface area contributed by atoms with Crippen LogP contribution < -0.4 is 4.74 Å². The van der Waals surface area contributed by atoms with E-state index >= 15 is 0 Å². The Morgan fingerprint density at radius 3 is 2.54 bits per heavy atom. The highest BCUT2D eigenvalue weighted by Gasteiger charge is 2.35. The summed E-state index contributed by atoms with van der Waals surface area (Å²) in [6, 6.07) is 1.43. The number of fused-ring (bicyclic) bond motifs is 1. The fourth-order valence-corrected chi connectivity index (χ4v) is 5.84. The maximum atomic E-state index is 13.6. The summed E-state index contributed by atoms with van der Waals surface area (Å²) in [6.45, 7) is 4.60. The third kappa shape index (κ3) is 6.84. The number of nitrogens with zero attached hydrogens (tertiary/aromatic N) is 3. The lowest BCUT2D eigenvalue weighted by Crippen LogP contribution is -2.51. The van der Waals surface area contributed by atoms with Crippen LogP contribution in [-0.2, 0) is 4.79 Å². The Hall–Kier alpha value is -2.59. The second-order valence-corrected chi connectivity index (χ2v) is 11.4. The monoisotopic (exact) mass is 509 g/mol. The van der Waals surface area contributed by atoms with Crippen LogP contribution in [0.25, 0.3) is 0 Å². The van der Waals surface area contributed by atoms with Crippen molar-refractivity contribution in [2.45, 2.75) is 90.2 Å². The van der Waals surface area contributed by atoms with Gasteiger partial charge in [0.1, 0.15) is 11.7 Å². The summed E-state index contributed by atoms with van der Waals surface area (Å²) in [5, 5.41) is 9.90. The standard InChI is InChI=1S/C30H43N3O4/c1-21-18-33(22(2)20-34)30(36)26-16-24(15-14-23-10-6-4-7-11-23)17-31-28(26)37-27(21)19-32(3)29(35)25-12-8-5-9-13-25/h16-17,21-23,25,27,34H,4-13,18-20H2,1-3H3/t21-,22-,27-/m1/s1. The Labute approximate surface area is 222 Å². The number of carbonyl (C=O) groups excluding carboxylic acids is 2. The van der Waals surface area contributed by atoms with Crippen LogP contribution in [-0.4, -0.2) is 70.6 Å².